The van der Waals surface area contributed by atoms with Crippen LogP contribution in [0.4, 0.5) is 30.7 Å². The SMILES string of the molecule is CCCCCC1CCC(c2cc(F)c(C(F)(F)Oc3ccc(-c4ccc(-c5ccc(C#N)c(F)c5)c(F)c4)c(F)c3)c(F)c2)CC1. The second-order valence-electron chi connectivity index (χ2n) is 11.8. The van der Waals surface area contributed by atoms with Gasteiger partial charge < -0.3 is 4.74 Å². The van der Waals surface area contributed by atoms with E-state index in [0.29, 0.717) is 17.5 Å². The van der Waals surface area contributed by atoms with Crippen LogP contribution in [-0.2, 0) is 6.11 Å². The lowest BCUT2D eigenvalue weighted by Crippen LogP contribution is -2.26. The van der Waals surface area contributed by atoms with Gasteiger partial charge in [-0.25, -0.2) is 22.0 Å². The first-order valence-electron chi connectivity index (χ1n) is 15.4. The van der Waals surface area contributed by atoms with Crippen molar-refractivity contribution < 1.29 is 35.5 Å². The van der Waals surface area contributed by atoms with Crippen LogP contribution in [0.5, 0.6) is 5.75 Å². The molecule has 0 atom stereocenters. The second kappa shape index (κ2) is 14.0. The summed E-state index contributed by atoms with van der Waals surface area (Å²) >= 11 is 0. The number of alkyl halides is 2. The minimum absolute atomic E-state index is 0.00249. The molecule has 0 saturated heterocycles. The minimum atomic E-state index is -4.46. The zero-order valence-corrected chi connectivity index (χ0v) is 25.2. The fourth-order valence-corrected chi connectivity index (χ4v) is 6.26. The molecule has 0 amide bonds. The van der Waals surface area contributed by atoms with Crippen LogP contribution in [0, 0.1) is 46.3 Å². The van der Waals surface area contributed by atoms with Crippen LogP contribution in [0.2, 0.25) is 0 Å². The maximum absolute atomic E-state index is 15.1. The van der Waals surface area contributed by atoms with Gasteiger partial charge in [0, 0.05) is 17.2 Å². The molecule has 0 unspecified atom stereocenters. The van der Waals surface area contributed by atoms with Gasteiger partial charge in [0.25, 0.3) is 0 Å². The van der Waals surface area contributed by atoms with Gasteiger partial charge in [-0.05, 0) is 96.7 Å². The molecule has 4 aromatic carbocycles. The Hall–Kier alpha value is -4.32. The maximum atomic E-state index is 15.1. The number of nitriles is 1. The Morgan fingerprint density at radius 3 is 1.87 bits per heavy atom. The number of hydrogen-bond acceptors (Lipinski definition) is 2. The highest BCUT2D eigenvalue weighted by molar-refractivity contribution is 5.72. The molecule has 46 heavy (non-hydrogen) atoms. The molecule has 0 aliphatic heterocycles. The number of halogens is 7. The Balaban J connectivity index is 1.30. The van der Waals surface area contributed by atoms with Crippen molar-refractivity contribution in [3.05, 3.63) is 113 Å². The number of hydrogen-bond donors (Lipinski definition) is 0. The topological polar surface area (TPSA) is 33.0 Å². The van der Waals surface area contributed by atoms with Gasteiger partial charge in [0.2, 0.25) is 0 Å². The highest BCUT2D eigenvalue weighted by Gasteiger charge is 2.41. The summed E-state index contributed by atoms with van der Waals surface area (Å²) in [6, 6.07) is 13.4. The summed E-state index contributed by atoms with van der Waals surface area (Å²) in [5.41, 5.74) is -1.39. The number of unbranched alkanes of at least 4 members (excludes halogenated alkanes) is 2. The van der Waals surface area contributed by atoms with Crippen molar-refractivity contribution in [2.24, 2.45) is 5.92 Å². The van der Waals surface area contributed by atoms with E-state index in [1.165, 1.54) is 30.7 Å². The summed E-state index contributed by atoms with van der Waals surface area (Å²) in [7, 11) is 0. The molecular formula is C37H32F7NO. The van der Waals surface area contributed by atoms with E-state index in [0.717, 1.165) is 81.3 Å². The quantitative estimate of drug-likeness (QED) is 0.128. The molecule has 0 bridgehead atoms. The second-order valence-corrected chi connectivity index (χ2v) is 11.8. The van der Waals surface area contributed by atoms with E-state index in [4.69, 9.17) is 5.26 Å². The number of ether oxygens (including phenoxy) is 1. The van der Waals surface area contributed by atoms with Crippen molar-refractivity contribution in [1.82, 2.24) is 0 Å². The zero-order valence-electron chi connectivity index (χ0n) is 25.2. The Morgan fingerprint density at radius 1 is 0.717 bits per heavy atom. The third-order valence-corrected chi connectivity index (χ3v) is 8.76. The molecule has 0 heterocycles. The summed E-state index contributed by atoms with van der Waals surface area (Å²) in [6.07, 6.45) is 3.44. The average Bonchev–Trinajstić information content (AvgIpc) is 3.01. The summed E-state index contributed by atoms with van der Waals surface area (Å²) < 4.78 is 109. The highest BCUT2D eigenvalue weighted by Crippen LogP contribution is 2.42. The average molecular weight is 640 g/mol. The molecule has 9 heteroatoms. The van der Waals surface area contributed by atoms with Gasteiger partial charge >= 0.3 is 6.11 Å². The Morgan fingerprint density at radius 2 is 1.30 bits per heavy atom. The molecule has 2 nitrogen and oxygen atoms in total. The molecule has 0 spiro atoms. The molecule has 0 aromatic heterocycles. The van der Waals surface area contributed by atoms with Gasteiger partial charge in [-0.1, -0.05) is 50.8 Å². The molecule has 1 aliphatic rings. The van der Waals surface area contributed by atoms with E-state index in [-0.39, 0.29) is 33.7 Å². The number of rotatable bonds is 10. The lowest BCUT2D eigenvalue weighted by atomic mass is 9.77. The molecule has 1 aliphatic carbocycles. The predicted octanol–water partition coefficient (Wildman–Crippen LogP) is 11.6. The van der Waals surface area contributed by atoms with E-state index < -0.39 is 46.5 Å². The molecule has 1 fully saturated rings. The number of nitrogens with zero attached hydrogens (tertiary/aromatic N) is 1. The Labute approximate surface area is 263 Å². The fourth-order valence-electron chi connectivity index (χ4n) is 6.26. The first kappa shape index (κ1) is 33.1. The van der Waals surface area contributed by atoms with Gasteiger partial charge in [-0.2, -0.15) is 14.0 Å². The van der Waals surface area contributed by atoms with Crippen LogP contribution in [0.15, 0.2) is 66.7 Å². The first-order chi connectivity index (χ1) is 22.0. The van der Waals surface area contributed by atoms with Crippen LogP contribution in [0.3, 0.4) is 0 Å². The van der Waals surface area contributed by atoms with Gasteiger partial charge in [0.1, 0.15) is 46.5 Å². The molecule has 1 saturated carbocycles. The van der Waals surface area contributed by atoms with Crippen molar-refractivity contribution in [2.75, 3.05) is 0 Å². The van der Waals surface area contributed by atoms with Crippen molar-refractivity contribution in [1.29, 1.82) is 5.26 Å². The van der Waals surface area contributed by atoms with E-state index >= 15 is 22.0 Å². The molecule has 240 valence electrons. The maximum Gasteiger partial charge on any atom is 0.432 e. The summed E-state index contributed by atoms with van der Waals surface area (Å²) in [5, 5.41) is 8.89. The van der Waals surface area contributed by atoms with Crippen LogP contribution in [0.25, 0.3) is 22.3 Å². The monoisotopic (exact) mass is 639 g/mol. The van der Waals surface area contributed by atoms with E-state index in [9.17, 15) is 8.78 Å². The van der Waals surface area contributed by atoms with Crippen LogP contribution in [-0.4, -0.2) is 0 Å². The first-order valence-corrected chi connectivity index (χ1v) is 15.4. The molecule has 5 rings (SSSR count). The van der Waals surface area contributed by atoms with Crippen LogP contribution in [0.1, 0.15) is 80.9 Å². The highest BCUT2D eigenvalue weighted by atomic mass is 19.3. The Bertz CT molecular complexity index is 1730. The van der Waals surface area contributed by atoms with E-state index in [1.54, 1.807) is 6.07 Å². The lowest BCUT2D eigenvalue weighted by Gasteiger charge is -2.29. The van der Waals surface area contributed by atoms with Crippen molar-refractivity contribution >= 4 is 0 Å². The van der Waals surface area contributed by atoms with Gasteiger partial charge in [-0.15, -0.1) is 0 Å². The van der Waals surface area contributed by atoms with E-state index in [2.05, 4.69) is 11.7 Å². The van der Waals surface area contributed by atoms with Crippen molar-refractivity contribution in [3.63, 3.8) is 0 Å². The van der Waals surface area contributed by atoms with Gasteiger partial charge in [0.15, 0.2) is 0 Å². The zero-order chi connectivity index (χ0) is 33.0. The smallest absolute Gasteiger partial charge is 0.429 e. The van der Waals surface area contributed by atoms with Crippen molar-refractivity contribution in [3.8, 4) is 34.1 Å². The summed E-state index contributed by atoms with van der Waals surface area (Å²) in [4.78, 5) is 0. The van der Waals surface area contributed by atoms with Crippen LogP contribution < -0.4 is 4.74 Å². The van der Waals surface area contributed by atoms with Crippen molar-refractivity contribution in [2.45, 2.75) is 70.3 Å². The lowest BCUT2D eigenvalue weighted by molar-refractivity contribution is -0.189. The molecule has 4 aromatic rings. The minimum Gasteiger partial charge on any atom is -0.429 e. The fraction of sp³-hybridized carbons (Fsp3) is 0.324. The normalized spacial score (nSPS) is 16.7. The number of benzene rings is 4. The standard InChI is InChI=1S/C37H32F7NO/c1-2-3-4-5-22-6-8-23(9-7-22)27-18-34(41)36(35(42)19-27)37(43,44)46-28-13-15-30(33(40)20-28)25-12-14-29(32(39)17-25)24-10-11-26(21-45)31(38)16-24/h10-20,22-23H,2-9H2,1H3. The van der Waals surface area contributed by atoms with Gasteiger partial charge in [0.05, 0.1) is 5.56 Å². The Kier molecular flexibility index (Phi) is 10.0. The largest absolute Gasteiger partial charge is 0.432 e. The molecule has 0 radical (unpaired) electrons. The van der Waals surface area contributed by atoms with E-state index in [1.807, 2.05) is 0 Å². The predicted molar refractivity (Wildman–Crippen MR) is 162 cm³/mol. The summed E-state index contributed by atoms with van der Waals surface area (Å²) in [6.45, 7) is 2.14. The summed E-state index contributed by atoms with van der Waals surface area (Å²) in [5.74, 6) is -5.83. The molecular weight excluding hydrogens is 607 g/mol. The molecule has 0 N–H and O–H groups in total. The third kappa shape index (κ3) is 7.22. The van der Waals surface area contributed by atoms with Crippen LogP contribution >= 0.6 is 0 Å². The van der Waals surface area contributed by atoms with Gasteiger partial charge in [-0.3, -0.25) is 0 Å². The third-order valence-electron chi connectivity index (χ3n) is 8.76.